The molecule has 2 aromatic heterocycles. The lowest BCUT2D eigenvalue weighted by atomic mass is 9.92. The zero-order chi connectivity index (χ0) is 22.7. The second-order valence-electron chi connectivity index (χ2n) is 10.1. The minimum atomic E-state index is 0.996. The van der Waals surface area contributed by atoms with Crippen LogP contribution in [0.4, 0.5) is 0 Å². The first kappa shape index (κ1) is 18.0. The number of benzene rings is 5. The normalized spacial score (nSPS) is 13.5. The van der Waals surface area contributed by atoms with Crippen molar-refractivity contribution in [1.29, 1.82) is 0 Å². The second kappa shape index (κ2) is 6.20. The van der Waals surface area contributed by atoms with E-state index in [-0.39, 0.29) is 0 Å². The monoisotopic (exact) mass is 443 g/mol. The molecule has 0 aliphatic heterocycles. The van der Waals surface area contributed by atoms with Crippen molar-refractivity contribution < 1.29 is 0 Å². The third-order valence-corrected chi connectivity index (χ3v) is 8.40. The van der Waals surface area contributed by atoms with E-state index in [0.29, 0.717) is 0 Å². The van der Waals surface area contributed by atoms with E-state index in [2.05, 4.69) is 108 Å². The Morgan fingerprint density at radius 1 is 0.486 bits per heavy atom. The molecule has 35 heavy (non-hydrogen) atoms. The highest BCUT2D eigenvalue weighted by Crippen LogP contribution is 2.49. The largest absolute Gasteiger partial charge is 0.309 e. The van der Waals surface area contributed by atoms with E-state index >= 15 is 0 Å². The van der Waals surface area contributed by atoms with Crippen LogP contribution in [0.3, 0.4) is 0 Å². The number of hydrogen-bond acceptors (Lipinski definition) is 0. The number of fused-ring (bicyclic) bond motifs is 16. The van der Waals surface area contributed by atoms with Gasteiger partial charge in [0.15, 0.2) is 0 Å². The van der Waals surface area contributed by atoms with Crippen LogP contribution in [0.1, 0.15) is 22.3 Å². The van der Waals surface area contributed by atoms with Gasteiger partial charge in [-0.2, -0.15) is 0 Å². The van der Waals surface area contributed by atoms with Crippen LogP contribution in [-0.4, -0.2) is 4.40 Å². The summed E-state index contributed by atoms with van der Waals surface area (Å²) in [4.78, 5) is 0. The molecule has 1 nitrogen and oxygen atoms in total. The fraction of sp³-hybridized carbons (Fsp3) is 0.0588. The first-order valence-electron chi connectivity index (χ1n) is 12.5. The second-order valence-corrected chi connectivity index (χ2v) is 10.1. The molecule has 0 unspecified atom stereocenters. The van der Waals surface area contributed by atoms with Gasteiger partial charge >= 0.3 is 0 Å². The van der Waals surface area contributed by atoms with E-state index < -0.39 is 0 Å². The van der Waals surface area contributed by atoms with Crippen molar-refractivity contribution in [3.63, 3.8) is 0 Å². The van der Waals surface area contributed by atoms with Gasteiger partial charge in [-0.1, -0.05) is 84.9 Å². The van der Waals surface area contributed by atoms with Gasteiger partial charge in [0, 0.05) is 16.2 Å². The molecule has 0 saturated carbocycles. The van der Waals surface area contributed by atoms with Crippen molar-refractivity contribution in [3.8, 4) is 22.3 Å². The average Bonchev–Trinajstić information content (AvgIpc) is 3.59. The van der Waals surface area contributed by atoms with Gasteiger partial charge in [0.1, 0.15) is 0 Å². The number of pyridine rings is 1. The lowest BCUT2D eigenvalue weighted by molar-refractivity contribution is 1.26. The van der Waals surface area contributed by atoms with Gasteiger partial charge in [0.2, 0.25) is 0 Å². The van der Waals surface area contributed by atoms with Gasteiger partial charge in [0.05, 0.1) is 16.6 Å². The predicted molar refractivity (Wildman–Crippen MR) is 146 cm³/mol. The Bertz CT molecular complexity index is 2050. The van der Waals surface area contributed by atoms with Gasteiger partial charge in [-0.3, -0.25) is 0 Å². The fourth-order valence-electron chi connectivity index (χ4n) is 6.98. The Kier molecular flexibility index (Phi) is 3.19. The van der Waals surface area contributed by atoms with Crippen molar-refractivity contribution in [2.75, 3.05) is 0 Å². The molecule has 1 heteroatoms. The predicted octanol–water partition coefficient (Wildman–Crippen LogP) is 8.54. The number of para-hydroxylation sites is 1. The number of nitrogens with zero attached hydrogens (tertiary/aromatic N) is 1. The molecule has 0 spiro atoms. The minimum absolute atomic E-state index is 0.996. The maximum atomic E-state index is 2.53. The van der Waals surface area contributed by atoms with Crippen molar-refractivity contribution >= 4 is 38.1 Å². The van der Waals surface area contributed by atoms with Crippen LogP contribution in [0.5, 0.6) is 0 Å². The van der Waals surface area contributed by atoms with Gasteiger partial charge < -0.3 is 4.40 Å². The Morgan fingerprint density at radius 3 is 2.17 bits per heavy atom. The summed E-state index contributed by atoms with van der Waals surface area (Å²) < 4.78 is 2.53. The van der Waals surface area contributed by atoms with Gasteiger partial charge in [-0.05, 0) is 80.9 Å². The van der Waals surface area contributed by atoms with Crippen LogP contribution in [0.15, 0.2) is 103 Å². The summed E-state index contributed by atoms with van der Waals surface area (Å²) in [7, 11) is 0. The number of hydrogen-bond donors (Lipinski definition) is 0. The van der Waals surface area contributed by atoms with Gasteiger partial charge in [0.25, 0.3) is 0 Å². The fourth-order valence-corrected chi connectivity index (χ4v) is 6.98. The topological polar surface area (TPSA) is 4.41 Å². The minimum Gasteiger partial charge on any atom is -0.309 e. The summed E-state index contributed by atoms with van der Waals surface area (Å²) in [5.74, 6) is 0. The molecule has 7 aromatic rings. The zero-order valence-corrected chi connectivity index (χ0v) is 19.2. The van der Waals surface area contributed by atoms with E-state index in [4.69, 9.17) is 0 Å². The first-order valence-corrected chi connectivity index (χ1v) is 12.5. The molecule has 2 aliphatic carbocycles. The van der Waals surface area contributed by atoms with Crippen LogP contribution < -0.4 is 0 Å². The van der Waals surface area contributed by atoms with Gasteiger partial charge in [-0.25, -0.2) is 0 Å². The Labute approximate surface area is 202 Å². The average molecular weight is 444 g/mol. The summed E-state index contributed by atoms with van der Waals surface area (Å²) in [5.41, 5.74) is 15.3. The molecule has 0 bridgehead atoms. The number of rotatable bonds is 0. The third-order valence-electron chi connectivity index (χ3n) is 8.40. The quantitative estimate of drug-likeness (QED) is 0.207. The third kappa shape index (κ3) is 2.15. The van der Waals surface area contributed by atoms with E-state index in [1.54, 1.807) is 0 Å². The van der Waals surface area contributed by atoms with Crippen molar-refractivity contribution in [2.24, 2.45) is 0 Å². The molecule has 5 aromatic carbocycles. The maximum Gasteiger partial charge on any atom is 0.0553 e. The van der Waals surface area contributed by atoms with Crippen LogP contribution in [-0.2, 0) is 12.8 Å². The highest BCUT2D eigenvalue weighted by atomic mass is 14.9. The van der Waals surface area contributed by atoms with Crippen molar-refractivity contribution in [3.05, 3.63) is 125 Å². The Balaban J connectivity index is 1.57. The highest BCUT2D eigenvalue weighted by molar-refractivity contribution is 6.23. The molecule has 0 fully saturated rings. The summed E-state index contributed by atoms with van der Waals surface area (Å²) in [6, 6.07) is 38.6. The Hall–Kier alpha value is -4.36. The lowest BCUT2D eigenvalue weighted by Gasteiger charge is -2.17. The first-order chi connectivity index (χ1) is 17.4. The molecule has 0 saturated heterocycles. The molecule has 2 aliphatic rings. The molecule has 2 heterocycles. The molecular formula is C34H21N. The van der Waals surface area contributed by atoms with E-state index in [1.165, 1.54) is 82.6 Å². The summed E-state index contributed by atoms with van der Waals surface area (Å²) in [6.07, 6.45) is 2.01. The number of aromatic nitrogens is 1. The van der Waals surface area contributed by atoms with Crippen LogP contribution in [0.25, 0.3) is 60.3 Å². The molecule has 0 radical (unpaired) electrons. The molecular weight excluding hydrogens is 422 g/mol. The smallest absolute Gasteiger partial charge is 0.0553 e. The molecule has 162 valence electrons. The van der Waals surface area contributed by atoms with E-state index in [1.807, 2.05) is 0 Å². The molecule has 0 amide bonds. The molecule has 9 rings (SSSR count). The molecule has 0 atom stereocenters. The molecule has 0 N–H and O–H groups in total. The van der Waals surface area contributed by atoms with Crippen molar-refractivity contribution in [2.45, 2.75) is 12.8 Å². The van der Waals surface area contributed by atoms with Crippen molar-refractivity contribution in [1.82, 2.24) is 4.40 Å². The Morgan fingerprint density at radius 2 is 1.26 bits per heavy atom. The van der Waals surface area contributed by atoms with Crippen LogP contribution in [0.2, 0.25) is 0 Å². The van der Waals surface area contributed by atoms with E-state index in [0.717, 1.165) is 12.8 Å². The summed E-state index contributed by atoms with van der Waals surface area (Å²) in [6.45, 7) is 0. The maximum absolute atomic E-state index is 2.53. The standard InChI is InChI=1S/C34H21N/c1-4-10-24-21(8-1)18-28-26(24)15-16-30-33(28)27-14-13-23-17-20-7-2-5-11-25(20)32(23)34(27)31-19-22-9-3-6-12-29(22)35(30)31/h1-16,19H,17-18H2. The van der Waals surface area contributed by atoms with E-state index in [9.17, 15) is 0 Å². The zero-order valence-electron chi connectivity index (χ0n) is 19.2. The van der Waals surface area contributed by atoms with Crippen LogP contribution >= 0.6 is 0 Å². The SMILES string of the molecule is c1ccc2c(c1)Cc1c-2ccc2c1c1ccc3c(c1c1cc4ccccc4n21)-c1ccccc1C3. The summed E-state index contributed by atoms with van der Waals surface area (Å²) in [5, 5.41) is 5.50. The highest BCUT2D eigenvalue weighted by Gasteiger charge is 2.27. The summed E-state index contributed by atoms with van der Waals surface area (Å²) >= 11 is 0. The van der Waals surface area contributed by atoms with Crippen LogP contribution in [0, 0.1) is 0 Å². The van der Waals surface area contributed by atoms with Gasteiger partial charge in [-0.15, -0.1) is 0 Å². The lowest BCUT2D eigenvalue weighted by Crippen LogP contribution is -1.96.